The summed E-state index contributed by atoms with van der Waals surface area (Å²) in [5.74, 6) is -1.58. The molecule has 0 aliphatic rings. The monoisotopic (exact) mass is 250 g/mol. The minimum Gasteiger partial charge on any atom is -0.351 e. The van der Waals surface area contributed by atoms with Crippen LogP contribution in [0.4, 0.5) is 8.78 Å². The number of pyridine rings is 1. The highest BCUT2D eigenvalue weighted by molar-refractivity contribution is 5.95. The van der Waals surface area contributed by atoms with Crippen molar-refractivity contribution >= 4 is 16.8 Å². The smallest absolute Gasteiger partial charge is 0.269 e. The van der Waals surface area contributed by atoms with E-state index in [1.54, 1.807) is 0 Å². The molecule has 1 heterocycles. The molecule has 0 atom stereocenters. The van der Waals surface area contributed by atoms with Gasteiger partial charge in [-0.2, -0.15) is 0 Å². The molecule has 2 rings (SSSR count). The summed E-state index contributed by atoms with van der Waals surface area (Å²) in [5.41, 5.74) is -0.0420. The Bertz CT molecular complexity index is 599. The molecule has 0 aliphatic carbocycles. The molecule has 0 radical (unpaired) electrons. The normalized spacial score (nSPS) is 10.6. The Morgan fingerprint density at radius 1 is 1.22 bits per heavy atom. The molecular formula is C13H12F2N2O. The summed E-state index contributed by atoms with van der Waals surface area (Å²) in [7, 11) is 0. The first-order valence-corrected chi connectivity index (χ1v) is 5.66. The second-order valence-corrected chi connectivity index (χ2v) is 3.88. The Morgan fingerprint density at radius 3 is 2.67 bits per heavy atom. The highest BCUT2D eigenvalue weighted by Gasteiger charge is 2.12. The molecule has 1 N–H and O–H groups in total. The van der Waals surface area contributed by atoms with Crippen LogP contribution in [0.2, 0.25) is 0 Å². The number of carbonyl (C=O) groups excluding carboxylic acids is 1. The number of hydrogen-bond donors (Lipinski definition) is 1. The zero-order valence-corrected chi connectivity index (χ0v) is 9.84. The minimum atomic E-state index is -0.642. The van der Waals surface area contributed by atoms with Gasteiger partial charge in [0.2, 0.25) is 0 Å². The molecule has 0 bridgehead atoms. The van der Waals surface area contributed by atoms with Crippen molar-refractivity contribution < 1.29 is 13.6 Å². The first-order valence-electron chi connectivity index (χ1n) is 5.66. The number of amides is 1. The molecular weight excluding hydrogens is 238 g/mol. The predicted octanol–water partition coefficient (Wildman–Crippen LogP) is 2.65. The molecule has 0 fully saturated rings. The van der Waals surface area contributed by atoms with Crippen LogP contribution in [-0.2, 0) is 0 Å². The lowest BCUT2D eigenvalue weighted by Gasteiger charge is -2.05. The van der Waals surface area contributed by atoms with Gasteiger partial charge in [-0.25, -0.2) is 13.8 Å². The molecule has 1 amide bonds. The maximum Gasteiger partial charge on any atom is 0.269 e. The summed E-state index contributed by atoms with van der Waals surface area (Å²) in [6.45, 7) is 2.44. The van der Waals surface area contributed by atoms with Gasteiger partial charge in [-0.15, -0.1) is 0 Å². The SMILES string of the molecule is CCCNC(=O)c1ccc2c(F)ccc(F)c2n1. The maximum absolute atomic E-state index is 13.5. The first kappa shape index (κ1) is 12.4. The van der Waals surface area contributed by atoms with E-state index in [4.69, 9.17) is 0 Å². The van der Waals surface area contributed by atoms with Gasteiger partial charge in [0.05, 0.1) is 0 Å². The molecule has 0 spiro atoms. The van der Waals surface area contributed by atoms with Crippen LogP contribution in [0.1, 0.15) is 23.8 Å². The van der Waals surface area contributed by atoms with E-state index in [2.05, 4.69) is 10.3 Å². The summed E-state index contributed by atoms with van der Waals surface area (Å²) in [5, 5.41) is 2.70. The number of rotatable bonds is 3. The van der Waals surface area contributed by atoms with E-state index in [9.17, 15) is 13.6 Å². The number of halogens is 2. The van der Waals surface area contributed by atoms with Gasteiger partial charge in [0.15, 0.2) is 0 Å². The van der Waals surface area contributed by atoms with Gasteiger partial charge in [-0.1, -0.05) is 6.92 Å². The summed E-state index contributed by atoms with van der Waals surface area (Å²) in [6, 6.07) is 4.78. The quantitative estimate of drug-likeness (QED) is 0.909. The van der Waals surface area contributed by atoms with Crippen LogP contribution >= 0.6 is 0 Å². The second kappa shape index (κ2) is 5.08. The molecule has 1 aromatic heterocycles. The zero-order chi connectivity index (χ0) is 13.1. The molecule has 18 heavy (non-hydrogen) atoms. The van der Waals surface area contributed by atoms with Crippen LogP contribution in [-0.4, -0.2) is 17.4 Å². The lowest BCUT2D eigenvalue weighted by atomic mass is 10.2. The summed E-state index contributed by atoms with van der Waals surface area (Å²) in [4.78, 5) is 15.5. The van der Waals surface area contributed by atoms with E-state index in [0.29, 0.717) is 6.54 Å². The molecule has 0 saturated heterocycles. The van der Waals surface area contributed by atoms with Crippen LogP contribution in [0, 0.1) is 11.6 Å². The molecule has 0 aliphatic heterocycles. The average molecular weight is 250 g/mol. The third kappa shape index (κ3) is 2.30. The van der Waals surface area contributed by atoms with Gasteiger partial charge in [0.1, 0.15) is 22.8 Å². The molecule has 0 saturated carbocycles. The largest absolute Gasteiger partial charge is 0.351 e. The Morgan fingerprint density at radius 2 is 1.94 bits per heavy atom. The van der Waals surface area contributed by atoms with Gasteiger partial charge in [-0.05, 0) is 30.7 Å². The van der Waals surface area contributed by atoms with Crippen LogP contribution in [0.25, 0.3) is 10.9 Å². The highest BCUT2D eigenvalue weighted by atomic mass is 19.1. The van der Waals surface area contributed by atoms with Gasteiger partial charge >= 0.3 is 0 Å². The van der Waals surface area contributed by atoms with Crippen LogP contribution < -0.4 is 5.32 Å². The number of nitrogens with zero attached hydrogens (tertiary/aromatic N) is 1. The van der Waals surface area contributed by atoms with Crippen molar-refractivity contribution in [1.82, 2.24) is 10.3 Å². The summed E-state index contributed by atoms with van der Waals surface area (Å²) in [6.07, 6.45) is 0.794. The fourth-order valence-electron chi connectivity index (χ4n) is 1.60. The maximum atomic E-state index is 13.5. The van der Waals surface area contributed by atoms with Crippen molar-refractivity contribution in [3.05, 3.63) is 41.6 Å². The molecule has 94 valence electrons. The van der Waals surface area contributed by atoms with Crippen LogP contribution in [0.5, 0.6) is 0 Å². The molecule has 2 aromatic rings. The number of hydrogen-bond acceptors (Lipinski definition) is 2. The molecule has 0 unspecified atom stereocenters. The fourth-order valence-corrected chi connectivity index (χ4v) is 1.60. The Hall–Kier alpha value is -2.04. The first-order chi connectivity index (χ1) is 8.63. The van der Waals surface area contributed by atoms with E-state index < -0.39 is 11.6 Å². The summed E-state index contributed by atoms with van der Waals surface area (Å²) < 4.78 is 26.9. The predicted molar refractivity (Wildman–Crippen MR) is 64.3 cm³/mol. The summed E-state index contributed by atoms with van der Waals surface area (Å²) >= 11 is 0. The average Bonchev–Trinajstić information content (AvgIpc) is 2.40. The zero-order valence-electron chi connectivity index (χ0n) is 9.84. The van der Waals surface area contributed by atoms with Crippen LogP contribution in [0.3, 0.4) is 0 Å². The number of benzene rings is 1. The van der Waals surface area contributed by atoms with E-state index in [1.807, 2.05) is 6.92 Å². The van der Waals surface area contributed by atoms with Crippen molar-refractivity contribution in [2.75, 3.05) is 6.54 Å². The number of carbonyl (C=O) groups is 1. The van der Waals surface area contributed by atoms with Crippen molar-refractivity contribution in [3.8, 4) is 0 Å². The molecule has 1 aromatic carbocycles. The third-order valence-corrected chi connectivity index (χ3v) is 2.52. The van der Waals surface area contributed by atoms with Crippen molar-refractivity contribution in [3.63, 3.8) is 0 Å². The number of aromatic nitrogens is 1. The molecule has 3 nitrogen and oxygen atoms in total. The van der Waals surface area contributed by atoms with Crippen LogP contribution in [0.15, 0.2) is 24.3 Å². The minimum absolute atomic E-state index is 0.0713. The standard InChI is InChI=1S/C13H12F2N2O/c1-2-7-16-13(18)11-6-3-8-9(14)4-5-10(15)12(8)17-11/h3-6H,2,7H2,1H3,(H,16,18). The lowest BCUT2D eigenvalue weighted by Crippen LogP contribution is -2.24. The number of nitrogens with one attached hydrogen (secondary N) is 1. The van der Waals surface area contributed by atoms with Crippen molar-refractivity contribution in [2.24, 2.45) is 0 Å². The number of fused-ring (bicyclic) bond motifs is 1. The highest BCUT2D eigenvalue weighted by Crippen LogP contribution is 2.19. The van der Waals surface area contributed by atoms with Gasteiger partial charge in [0, 0.05) is 11.9 Å². The van der Waals surface area contributed by atoms with Crippen molar-refractivity contribution in [1.29, 1.82) is 0 Å². The van der Waals surface area contributed by atoms with Gasteiger partial charge < -0.3 is 5.32 Å². The Labute approximate surface area is 103 Å². The van der Waals surface area contributed by atoms with E-state index in [0.717, 1.165) is 18.6 Å². The van der Waals surface area contributed by atoms with E-state index >= 15 is 0 Å². The van der Waals surface area contributed by atoms with Crippen molar-refractivity contribution in [2.45, 2.75) is 13.3 Å². The Balaban J connectivity index is 2.44. The van der Waals surface area contributed by atoms with E-state index in [1.165, 1.54) is 12.1 Å². The lowest BCUT2D eigenvalue weighted by molar-refractivity contribution is 0.0949. The third-order valence-electron chi connectivity index (χ3n) is 2.52. The van der Waals surface area contributed by atoms with Gasteiger partial charge in [-0.3, -0.25) is 4.79 Å². The van der Waals surface area contributed by atoms with Gasteiger partial charge in [0.25, 0.3) is 5.91 Å². The molecule has 5 heteroatoms. The fraction of sp³-hybridized carbons (Fsp3) is 0.231. The Kier molecular flexibility index (Phi) is 3.50. The topological polar surface area (TPSA) is 42.0 Å². The van der Waals surface area contributed by atoms with E-state index in [-0.39, 0.29) is 22.5 Å². The second-order valence-electron chi connectivity index (χ2n) is 3.88.